The van der Waals surface area contributed by atoms with E-state index in [1.54, 1.807) is 0 Å². The zero-order chi connectivity index (χ0) is 15.7. The van der Waals surface area contributed by atoms with Crippen molar-refractivity contribution in [1.82, 2.24) is 9.97 Å². The molecule has 0 saturated carbocycles. The minimum Gasteiger partial charge on any atom is -0.370 e. The van der Waals surface area contributed by atoms with E-state index in [0.29, 0.717) is 6.04 Å². The van der Waals surface area contributed by atoms with Gasteiger partial charge in [0.2, 0.25) is 0 Å². The smallest absolute Gasteiger partial charge is 0.135 e. The van der Waals surface area contributed by atoms with Crippen molar-refractivity contribution in [2.75, 3.05) is 29.2 Å². The first-order valence-electron chi connectivity index (χ1n) is 8.02. The fraction of sp³-hybridized carbons (Fsp3) is 0.750. The van der Waals surface area contributed by atoms with Gasteiger partial charge in [0.1, 0.15) is 17.5 Å². The summed E-state index contributed by atoms with van der Waals surface area (Å²) < 4.78 is 0. The van der Waals surface area contributed by atoms with Crippen LogP contribution >= 0.6 is 11.8 Å². The lowest BCUT2D eigenvalue weighted by Crippen LogP contribution is -2.23. The van der Waals surface area contributed by atoms with Crippen molar-refractivity contribution in [3.8, 4) is 0 Å². The van der Waals surface area contributed by atoms with Crippen LogP contribution in [0.1, 0.15) is 51.4 Å². The molecule has 0 aromatic carbocycles. The fourth-order valence-corrected chi connectivity index (χ4v) is 2.83. The molecule has 2 N–H and O–H groups in total. The van der Waals surface area contributed by atoms with Gasteiger partial charge in [-0.1, -0.05) is 20.8 Å². The summed E-state index contributed by atoms with van der Waals surface area (Å²) in [6.07, 6.45) is 6.34. The lowest BCUT2D eigenvalue weighted by molar-refractivity contribution is 0.759. The third-order valence-corrected chi connectivity index (χ3v) is 4.15. The van der Waals surface area contributed by atoms with Gasteiger partial charge in [-0.15, -0.1) is 0 Å². The Morgan fingerprint density at radius 2 is 1.81 bits per heavy atom. The Bertz CT molecular complexity index is 423. The molecule has 0 fully saturated rings. The number of rotatable bonds is 10. The van der Waals surface area contributed by atoms with Gasteiger partial charge in [-0.25, -0.2) is 9.97 Å². The summed E-state index contributed by atoms with van der Waals surface area (Å²) in [4.78, 5) is 9.40. The number of anilines is 2. The molecule has 1 heterocycles. The van der Waals surface area contributed by atoms with Crippen molar-refractivity contribution in [3.63, 3.8) is 0 Å². The zero-order valence-corrected chi connectivity index (χ0v) is 14.9. The molecule has 1 atom stereocenters. The Balaban J connectivity index is 3.00. The van der Waals surface area contributed by atoms with Crippen molar-refractivity contribution < 1.29 is 0 Å². The van der Waals surface area contributed by atoms with Crippen LogP contribution in [0.15, 0.2) is 0 Å². The van der Waals surface area contributed by atoms with Crippen LogP contribution < -0.4 is 10.6 Å². The van der Waals surface area contributed by atoms with Crippen LogP contribution in [-0.2, 0) is 6.42 Å². The molecule has 5 heteroatoms. The van der Waals surface area contributed by atoms with Crippen molar-refractivity contribution in [2.45, 2.75) is 59.4 Å². The molecular weight excluding hydrogens is 280 g/mol. The van der Waals surface area contributed by atoms with E-state index in [1.165, 1.54) is 0 Å². The molecule has 1 rings (SSSR count). The molecule has 120 valence electrons. The minimum absolute atomic E-state index is 0.460. The molecular formula is C16H30N4S. The van der Waals surface area contributed by atoms with Gasteiger partial charge in [-0.3, -0.25) is 0 Å². The maximum absolute atomic E-state index is 4.73. The molecule has 0 amide bonds. The molecule has 0 aliphatic rings. The summed E-state index contributed by atoms with van der Waals surface area (Å²) in [7, 11) is 0. The Kier molecular flexibility index (Phi) is 8.50. The van der Waals surface area contributed by atoms with Crippen LogP contribution in [0.5, 0.6) is 0 Å². The maximum Gasteiger partial charge on any atom is 0.135 e. The molecule has 1 aromatic heterocycles. The predicted octanol–water partition coefficient (Wildman–Crippen LogP) is 4.11. The predicted molar refractivity (Wildman–Crippen MR) is 95.6 cm³/mol. The number of aromatic nitrogens is 2. The fourth-order valence-electron chi connectivity index (χ4n) is 2.11. The Morgan fingerprint density at radius 1 is 1.10 bits per heavy atom. The summed E-state index contributed by atoms with van der Waals surface area (Å²) >= 11 is 1.87. The van der Waals surface area contributed by atoms with Gasteiger partial charge in [0.25, 0.3) is 0 Å². The normalized spacial score (nSPS) is 12.2. The standard InChI is InChI=1S/C16H30N4S/c1-6-9-14-19-15(17-10-7-2)12(4)16(20-14)18-13(8-3)11-21-5/h13H,6-11H2,1-5H3,(H2,17,18,19,20). The number of thioether (sulfide) groups is 1. The second-order valence-electron chi connectivity index (χ2n) is 5.34. The second-order valence-corrected chi connectivity index (χ2v) is 6.25. The number of aryl methyl sites for hydroxylation is 1. The van der Waals surface area contributed by atoms with E-state index in [0.717, 1.165) is 61.0 Å². The Labute approximate surface area is 133 Å². The highest BCUT2D eigenvalue weighted by Gasteiger charge is 2.13. The quantitative estimate of drug-likeness (QED) is 0.681. The molecule has 0 aliphatic heterocycles. The SMILES string of the molecule is CCCNc1nc(CCC)nc(NC(CC)CSC)c1C. The van der Waals surface area contributed by atoms with Crippen LogP contribution in [0.25, 0.3) is 0 Å². The van der Waals surface area contributed by atoms with Gasteiger partial charge in [-0.2, -0.15) is 11.8 Å². The van der Waals surface area contributed by atoms with E-state index in [-0.39, 0.29) is 0 Å². The van der Waals surface area contributed by atoms with Gasteiger partial charge in [-0.05, 0) is 32.4 Å². The van der Waals surface area contributed by atoms with E-state index in [1.807, 2.05) is 11.8 Å². The summed E-state index contributed by atoms with van der Waals surface area (Å²) in [5.41, 5.74) is 1.13. The molecule has 0 spiro atoms. The van der Waals surface area contributed by atoms with Crippen molar-refractivity contribution in [2.24, 2.45) is 0 Å². The van der Waals surface area contributed by atoms with Crippen molar-refractivity contribution in [3.05, 3.63) is 11.4 Å². The van der Waals surface area contributed by atoms with E-state index in [2.05, 4.69) is 49.6 Å². The highest BCUT2D eigenvalue weighted by atomic mass is 32.2. The highest BCUT2D eigenvalue weighted by molar-refractivity contribution is 7.98. The molecule has 1 aromatic rings. The second kappa shape index (κ2) is 9.87. The van der Waals surface area contributed by atoms with Crippen LogP contribution in [0, 0.1) is 6.92 Å². The molecule has 0 saturated heterocycles. The number of nitrogens with zero attached hydrogens (tertiary/aromatic N) is 2. The van der Waals surface area contributed by atoms with Gasteiger partial charge in [0, 0.05) is 30.3 Å². The molecule has 1 unspecified atom stereocenters. The minimum atomic E-state index is 0.460. The first-order valence-corrected chi connectivity index (χ1v) is 9.42. The molecule has 4 nitrogen and oxygen atoms in total. The largest absolute Gasteiger partial charge is 0.370 e. The average Bonchev–Trinajstić information content (AvgIpc) is 2.48. The van der Waals surface area contributed by atoms with Crippen LogP contribution in [0.4, 0.5) is 11.6 Å². The van der Waals surface area contributed by atoms with E-state index in [4.69, 9.17) is 4.98 Å². The topological polar surface area (TPSA) is 49.8 Å². The van der Waals surface area contributed by atoms with Crippen LogP contribution in [0.2, 0.25) is 0 Å². The number of nitrogens with one attached hydrogen (secondary N) is 2. The third-order valence-electron chi connectivity index (χ3n) is 3.41. The summed E-state index contributed by atoms with van der Waals surface area (Å²) in [6.45, 7) is 9.60. The van der Waals surface area contributed by atoms with Gasteiger partial charge in [0.15, 0.2) is 0 Å². The number of hydrogen-bond donors (Lipinski definition) is 2. The molecule has 0 radical (unpaired) electrons. The lowest BCUT2D eigenvalue weighted by atomic mass is 10.2. The van der Waals surface area contributed by atoms with Gasteiger partial charge < -0.3 is 10.6 Å². The van der Waals surface area contributed by atoms with Crippen LogP contribution in [-0.4, -0.2) is 34.6 Å². The number of hydrogen-bond acceptors (Lipinski definition) is 5. The molecule has 0 aliphatic carbocycles. The first kappa shape index (κ1) is 18.1. The van der Waals surface area contributed by atoms with Crippen molar-refractivity contribution in [1.29, 1.82) is 0 Å². The Hall–Kier alpha value is -0.970. The zero-order valence-electron chi connectivity index (χ0n) is 14.1. The molecule has 21 heavy (non-hydrogen) atoms. The highest BCUT2D eigenvalue weighted by Crippen LogP contribution is 2.22. The Morgan fingerprint density at radius 3 is 2.38 bits per heavy atom. The van der Waals surface area contributed by atoms with E-state index >= 15 is 0 Å². The summed E-state index contributed by atoms with van der Waals surface area (Å²) in [5.74, 6) is 4.01. The summed E-state index contributed by atoms with van der Waals surface area (Å²) in [6, 6.07) is 0.460. The monoisotopic (exact) mass is 310 g/mol. The lowest BCUT2D eigenvalue weighted by Gasteiger charge is -2.20. The maximum atomic E-state index is 4.73. The van der Waals surface area contributed by atoms with Gasteiger partial charge in [0.05, 0.1) is 0 Å². The average molecular weight is 311 g/mol. The van der Waals surface area contributed by atoms with Crippen LogP contribution in [0.3, 0.4) is 0 Å². The van der Waals surface area contributed by atoms with E-state index < -0.39 is 0 Å². The van der Waals surface area contributed by atoms with Crippen molar-refractivity contribution >= 4 is 23.4 Å². The first-order chi connectivity index (χ1) is 10.2. The van der Waals surface area contributed by atoms with E-state index in [9.17, 15) is 0 Å². The third kappa shape index (κ3) is 5.73. The van der Waals surface area contributed by atoms with Gasteiger partial charge >= 0.3 is 0 Å². The summed E-state index contributed by atoms with van der Waals surface area (Å²) in [5, 5.41) is 7.03. The molecule has 0 bridgehead atoms.